The molecule has 0 aromatic heterocycles. The fourth-order valence-electron chi connectivity index (χ4n) is 3.39. The Morgan fingerprint density at radius 2 is 1.87 bits per heavy atom. The lowest BCUT2D eigenvalue weighted by atomic mass is 9.93. The first-order valence-electron chi connectivity index (χ1n) is 8.38. The van der Waals surface area contributed by atoms with Crippen LogP contribution in [0.5, 0.6) is 0 Å². The van der Waals surface area contributed by atoms with Gasteiger partial charge in [0.25, 0.3) is 0 Å². The fourth-order valence-corrected chi connectivity index (χ4v) is 3.39. The molecule has 2 aromatic carbocycles. The summed E-state index contributed by atoms with van der Waals surface area (Å²) < 4.78 is 0. The van der Waals surface area contributed by atoms with Crippen molar-refractivity contribution in [1.82, 2.24) is 10.6 Å². The highest BCUT2D eigenvalue weighted by Crippen LogP contribution is 2.24. The normalized spacial score (nSPS) is 22.5. The van der Waals surface area contributed by atoms with Gasteiger partial charge in [-0.05, 0) is 36.1 Å². The molecule has 2 aromatic rings. The second-order valence-corrected chi connectivity index (χ2v) is 6.37. The van der Waals surface area contributed by atoms with Crippen LogP contribution in [-0.4, -0.2) is 23.3 Å². The van der Waals surface area contributed by atoms with Crippen LogP contribution in [0.1, 0.15) is 44.2 Å². The van der Waals surface area contributed by atoms with E-state index in [1.54, 1.807) is 0 Å². The van der Waals surface area contributed by atoms with Crippen LogP contribution in [0, 0.1) is 0 Å². The van der Waals surface area contributed by atoms with Crippen molar-refractivity contribution in [1.29, 1.82) is 0 Å². The molecule has 3 rings (SSSR count). The van der Waals surface area contributed by atoms with E-state index < -0.39 is 6.10 Å². The summed E-state index contributed by atoms with van der Waals surface area (Å²) in [5, 5.41) is 18.2. The number of hydrogen-bond acceptors (Lipinski definition) is 2. The zero-order chi connectivity index (χ0) is 16.2. The molecule has 1 aliphatic rings. The Morgan fingerprint density at radius 3 is 2.70 bits per heavy atom. The van der Waals surface area contributed by atoms with E-state index in [2.05, 4.69) is 28.8 Å². The highest BCUT2D eigenvalue weighted by atomic mass is 16.3. The first kappa shape index (κ1) is 15.8. The molecule has 0 saturated heterocycles. The third-order valence-electron chi connectivity index (χ3n) is 4.68. The van der Waals surface area contributed by atoms with Crippen molar-refractivity contribution in [3.8, 4) is 0 Å². The van der Waals surface area contributed by atoms with E-state index in [1.165, 1.54) is 5.39 Å². The number of aliphatic hydroxyl groups is 1. The van der Waals surface area contributed by atoms with Crippen molar-refractivity contribution in [2.45, 2.75) is 50.8 Å². The number of rotatable bonds is 3. The van der Waals surface area contributed by atoms with E-state index in [-0.39, 0.29) is 18.1 Å². The molecule has 122 valence electrons. The Morgan fingerprint density at radius 1 is 1.13 bits per heavy atom. The quantitative estimate of drug-likeness (QED) is 0.812. The highest BCUT2D eigenvalue weighted by Gasteiger charge is 2.25. The SMILES string of the molecule is CC(NC(=O)NC1CCCCC1O)c1cccc2ccccc12. The lowest BCUT2D eigenvalue weighted by Gasteiger charge is -2.29. The van der Waals surface area contributed by atoms with Gasteiger partial charge in [-0.15, -0.1) is 0 Å². The van der Waals surface area contributed by atoms with Crippen LogP contribution in [0.25, 0.3) is 10.8 Å². The third-order valence-corrected chi connectivity index (χ3v) is 4.68. The van der Waals surface area contributed by atoms with E-state index in [1.807, 2.05) is 31.2 Å². The molecule has 1 aliphatic carbocycles. The Labute approximate surface area is 136 Å². The molecule has 0 spiro atoms. The molecule has 4 nitrogen and oxygen atoms in total. The molecular weight excluding hydrogens is 288 g/mol. The van der Waals surface area contributed by atoms with Gasteiger partial charge in [0.1, 0.15) is 0 Å². The van der Waals surface area contributed by atoms with Crippen molar-refractivity contribution in [3.05, 3.63) is 48.0 Å². The fraction of sp³-hybridized carbons (Fsp3) is 0.421. The zero-order valence-corrected chi connectivity index (χ0v) is 13.5. The number of aliphatic hydroxyl groups excluding tert-OH is 1. The van der Waals surface area contributed by atoms with Gasteiger partial charge < -0.3 is 15.7 Å². The Hall–Kier alpha value is -2.07. The largest absolute Gasteiger partial charge is 0.391 e. The van der Waals surface area contributed by atoms with Crippen LogP contribution in [0.3, 0.4) is 0 Å². The summed E-state index contributed by atoms with van der Waals surface area (Å²) in [6, 6.07) is 13.9. The van der Waals surface area contributed by atoms with Gasteiger partial charge >= 0.3 is 6.03 Å². The molecule has 0 radical (unpaired) electrons. The van der Waals surface area contributed by atoms with E-state index >= 15 is 0 Å². The Bertz CT molecular complexity index is 681. The molecule has 3 atom stereocenters. The van der Waals surface area contributed by atoms with Gasteiger partial charge in [0.05, 0.1) is 18.2 Å². The minimum atomic E-state index is -0.428. The van der Waals surface area contributed by atoms with Crippen LogP contribution >= 0.6 is 0 Å². The van der Waals surface area contributed by atoms with Crippen molar-refractivity contribution in [2.24, 2.45) is 0 Å². The molecule has 3 unspecified atom stereocenters. The zero-order valence-electron chi connectivity index (χ0n) is 13.5. The Kier molecular flexibility index (Phi) is 4.82. The van der Waals surface area contributed by atoms with Gasteiger partial charge in [0.15, 0.2) is 0 Å². The van der Waals surface area contributed by atoms with E-state index in [4.69, 9.17) is 0 Å². The molecular formula is C19H24N2O2. The molecule has 0 aliphatic heterocycles. The van der Waals surface area contributed by atoms with Crippen molar-refractivity contribution in [2.75, 3.05) is 0 Å². The monoisotopic (exact) mass is 312 g/mol. The molecule has 0 bridgehead atoms. The summed E-state index contributed by atoms with van der Waals surface area (Å²) in [6.45, 7) is 1.98. The van der Waals surface area contributed by atoms with Gasteiger partial charge in [0.2, 0.25) is 0 Å². The number of urea groups is 1. The molecule has 0 heterocycles. The van der Waals surface area contributed by atoms with E-state index in [0.717, 1.165) is 36.6 Å². The standard InChI is InChI=1S/C19H24N2O2/c1-13(15-10-6-8-14-7-2-3-9-16(14)15)20-19(23)21-17-11-4-5-12-18(17)22/h2-3,6-10,13,17-18,22H,4-5,11-12H2,1H3,(H2,20,21,23). The van der Waals surface area contributed by atoms with Crippen LogP contribution in [0.4, 0.5) is 4.79 Å². The average Bonchev–Trinajstić information content (AvgIpc) is 2.56. The maximum Gasteiger partial charge on any atom is 0.315 e. The second kappa shape index (κ2) is 7.01. The number of amides is 2. The molecule has 4 heteroatoms. The summed E-state index contributed by atoms with van der Waals surface area (Å²) >= 11 is 0. The Balaban J connectivity index is 1.68. The van der Waals surface area contributed by atoms with E-state index in [0.29, 0.717) is 0 Å². The van der Waals surface area contributed by atoms with Crippen LogP contribution in [-0.2, 0) is 0 Å². The first-order valence-corrected chi connectivity index (χ1v) is 8.38. The molecule has 1 saturated carbocycles. The minimum absolute atomic E-state index is 0.0955. The molecule has 3 N–H and O–H groups in total. The number of carbonyl (C=O) groups excluding carboxylic acids is 1. The van der Waals surface area contributed by atoms with Gasteiger partial charge in [-0.25, -0.2) is 4.79 Å². The summed E-state index contributed by atoms with van der Waals surface area (Å²) in [5.41, 5.74) is 1.10. The van der Waals surface area contributed by atoms with E-state index in [9.17, 15) is 9.90 Å². The second-order valence-electron chi connectivity index (χ2n) is 6.37. The lowest BCUT2D eigenvalue weighted by Crippen LogP contribution is -2.49. The maximum atomic E-state index is 12.2. The summed E-state index contributed by atoms with van der Waals surface area (Å²) in [7, 11) is 0. The van der Waals surface area contributed by atoms with Crippen molar-refractivity contribution < 1.29 is 9.90 Å². The maximum absolute atomic E-state index is 12.2. The summed E-state index contributed by atoms with van der Waals surface area (Å²) in [5.74, 6) is 0. The molecule has 1 fully saturated rings. The molecule has 23 heavy (non-hydrogen) atoms. The number of fused-ring (bicyclic) bond motifs is 1. The van der Waals surface area contributed by atoms with Crippen LogP contribution in [0.15, 0.2) is 42.5 Å². The minimum Gasteiger partial charge on any atom is -0.391 e. The third kappa shape index (κ3) is 3.64. The van der Waals surface area contributed by atoms with Crippen LogP contribution in [0.2, 0.25) is 0 Å². The lowest BCUT2D eigenvalue weighted by molar-refractivity contribution is 0.0941. The van der Waals surface area contributed by atoms with Gasteiger partial charge in [0, 0.05) is 0 Å². The van der Waals surface area contributed by atoms with Gasteiger partial charge in [-0.1, -0.05) is 55.3 Å². The number of carbonyl (C=O) groups is 1. The predicted octanol–water partition coefficient (Wildman–Crippen LogP) is 3.50. The van der Waals surface area contributed by atoms with Gasteiger partial charge in [-0.3, -0.25) is 0 Å². The highest BCUT2D eigenvalue weighted by molar-refractivity contribution is 5.86. The topological polar surface area (TPSA) is 61.4 Å². The number of benzene rings is 2. The smallest absolute Gasteiger partial charge is 0.315 e. The first-order chi connectivity index (χ1) is 11.1. The van der Waals surface area contributed by atoms with Crippen molar-refractivity contribution >= 4 is 16.8 Å². The van der Waals surface area contributed by atoms with Crippen molar-refractivity contribution in [3.63, 3.8) is 0 Å². The average molecular weight is 312 g/mol. The number of hydrogen-bond donors (Lipinski definition) is 3. The van der Waals surface area contributed by atoms with Gasteiger partial charge in [-0.2, -0.15) is 0 Å². The predicted molar refractivity (Wildman–Crippen MR) is 92.3 cm³/mol. The number of nitrogens with one attached hydrogen (secondary N) is 2. The van der Waals surface area contributed by atoms with Crippen LogP contribution < -0.4 is 10.6 Å². The summed E-state index contributed by atoms with van der Waals surface area (Å²) in [4.78, 5) is 12.2. The summed E-state index contributed by atoms with van der Waals surface area (Å²) in [6.07, 6.45) is 3.28. The molecule has 2 amide bonds.